The molecule has 1 heterocycles. The molecule has 112 valence electrons. The molecular weight excluding hydrogens is 270 g/mol. The molecular formula is C11H23N3O4S. The van der Waals surface area contributed by atoms with E-state index in [1.165, 1.54) is 11.4 Å². The summed E-state index contributed by atoms with van der Waals surface area (Å²) in [5, 5.41) is 0. The summed E-state index contributed by atoms with van der Waals surface area (Å²) in [6, 6.07) is -0.179. The lowest BCUT2D eigenvalue weighted by atomic mass is 10.2. The molecule has 1 fully saturated rings. The van der Waals surface area contributed by atoms with Gasteiger partial charge >= 0.3 is 5.97 Å². The maximum Gasteiger partial charge on any atom is 0.305 e. The van der Waals surface area contributed by atoms with Crippen LogP contribution in [0, 0.1) is 0 Å². The topological polar surface area (TPSA) is 92.9 Å². The first-order valence-corrected chi connectivity index (χ1v) is 7.96. The van der Waals surface area contributed by atoms with Crippen LogP contribution in [-0.4, -0.2) is 75.7 Å². The smallest absolute Gasteiger partial charge is 0.305 e. The molecule has 0 saturated carbocycles. The second-order valence-electron chi connectivity index (χ2n) is 4.76. The van der Waals surface area contributed by atoms with Crippen LogP contribution in [0.3, 0.4) is 0 Å². The Bertz CT molecular complexity index is 399. The molecule has 0 radical (unpaired) electrons. The number of esters is 1. The van der Waals surface area contributed by atoms with Crippen LogP contribution in [0.1, 0.15) is 12.8 Å². The number of piperazine rings is 1. The van der Waals surface area contributed by atoms with Crippen molar-refractivity contribution in [2.75, 3.05) is 46.1 Å². The Labute approximate surface area is 114 Å². The molecule has 7 nitrogen and oxygen atoms in total. The first-order valence-electron chi connectivity index (χ1n) is 6.35. The zero-order valence-corrected chi connectivity index (χ0v) is 12.4. The van der Waals surface area contributed by atoms with Crippen molar-refractivity contribution < 1.29 is 17.9 Å². The fourth-order valence-corrected chi connectivity index (χ4v) is 3.88. The zero-order chi connectivity index (χ0) is 14.5. The number of ether oxygens (including phenoxy) is 1. The van der Waals surface area contributed by atoms with Crippen molar-refractivity contribution in [2.24, 2.45) is 5.73 Å². The van der Waals surface area contributed by atoms with Crippen LogP contribution >= 0.6 is 0 Å². The first kappa shape index (κ1) is 16.4. The van der Waals surface area contributed by atoms with Crippen molar-refractivity contribution in [1.82, 2.24) is 9.21 Å². The number of carbonyl (C=O) groups is 1. The SMILES string of the molecule is COC(=O)CCCS(=O)(=O)N1CCN(C)CC1CN. The number of carbonyl (C=O) groups excluding carboxylic acids is 1. The van der Waals surface area contributed by atoms with Gasteiger partial charge in [0.2, 0.25) is 10.0 Å². The van der Waals surface area contributed by atoms with E-state index in [1.807, 2.05) is 7.05 Å². The second kappa shape index (κ2) is 7.18. The van der Waals surface area contributed by atoms with E-state index in [1.54, 1.807) is 0 Å². The van der Waals surface area contributed by atoms with Gasteiger partial charge in [0, 0.05) is 38.6 Å². The second-order valence-corrected chi connectivity index (χ2v) is 6.80. The maximum atomic E-state index is 12.2. The van der Waals surface area contributed by atoms with Gasteiger partial charge in [0.15, 0.2) is 0 Å². The predicted molar refractivity (Wildman–Crippen MR) is 72.1 cm³/mol. The summed E-state index contributed by atoms with van der Waals surface area (Å²) in [7, 11) is -0.111. The third-order valence-electron chi connectivity index (χ3n) is 3.27. The van der Waals surface area contributed by atoms with Gasteiger partial charge in [-0.1, -0.05) is 0 Å². The standard InChI is InChI=1S/C11H23N3O4S/c1-13-5-6-14(10(8-12)9-13)19(16,17)7-3-4-11(15)18-2/h10H,3-9,12H2,1-2H3. The van der Waals surface area contributed by atoms with E-state index >= 15 is 0 Å². The van der Waals surface area contributed by atoms with Gasteiger partial charge in [-0.25, -0.2) is 8.42 Å². The minimum Gasteiger partial charge on any atom is -0.469 e. The number of likely N-dealkylation sites (N-methyl/N-ethyl adjacent to an activating group) is 1. The van der Waals surface area contributed by atoms with E-state index in [9.17, 15) is 13.2 Å². The van der Waals surface area contributed by atoms with E-state index < -0.39 is 10.0 Å². The molecule has 0 aromatic carbocycles. The third-order valence-corrected chi connectivity index (χ3v) is 5.27. The van der Waals surface area contributed by atoms with Crippen LogP contribution in [0.2, 0.25) is 0 Å². The molecule has 0 aliphatic carbocycles. The summed E-state index contributed by atoms with van der Waals surface area (Å²) in [4.78, 5) is 13.0. The fourth-order valence-electron chi connectivity index (χ4n) is 2.17. The number of nitrogens with two attached hydrogens (primary N) is 1. The summed E-state index contributed by atoms with van der Waals surface area (Å²) in [5.41, 5.74) is 5.64. The lowest BCUT2D eigenvalue weighted by Crippen LogP contribution is -2.57. The van der Waals surface area contributed by atoms with Crippen molar-refractivity contribution >= 4 is 16.0 Å². The molecule has 19 heavy (non-hydrogen) atoms. The van der Waals surface area contributed by atoms with Crippen LogP contribution in [0.4, 0.5) is 0 Å². The summed E-state index contributed by atoms with van der Waals surface area (Å²) < 4.78 is 30.4. The van der Waals surface area contributed by atoms with Crippen LogP contribution in [0.25, 0.3) is 0 Å². The van der Waals surface area contributed by atoms with Gasteiger partial charge in [-0.15, -0.1) is 0 Å². The van der Waals surface area contributed by atoms with Crippen molar-refractivity contribution in [3.05, 3.63) is 0 Å². The van der Waals surface area contributed by atoms with Crippen LogP contribution < -0.4 is 5.73 Å². The van der Waals surface area contributed by atoms with Gasteiger partial charge in [0.1, 0.15) is 0 Å². The summed E-state index contributed by atoms with van der Waals surface area (Å²) in [6.45, 7) is 2.11. The van der Waals surface area contributed by atoms with Crippen molar-refractivity contribution in [3.63, 3.8) is 0 Å². The Kier molecular flexibility index (Phi) is 6.18. The minimum absolute atomic E-state index is 0.0394. The number of methoxy groups -OCH3 is 1. The third kappa shape index (κ3) is 4.72. The molecule has 0 spiro atoms. The number of rotatable bonds is 6. The van der Waals surface area contributed by atoms with E-state index in [0.717, 1.165) is 0 Å². The summed E-state index contributed by atoms with van der Waals surface area (Å²) in [5.74, 6) is -0.425. The van der Waals surface area contributed by atoms with Gasteiger partial charge in [-0.05, 0) is 13.5 Å². The van der Waals surface area contributed by atoms with Crippen molar-refractivity contribution in [2.45, 2.75) is 18.9 Å². The molecule has 0 aromatic rings. The Morgan fingerprint density at radius 2 is 2.11 bits per heavy atom. The summed E-state index contributed by atoms with van der Waals surface area (Å²) >= 11 is 0. The van der Waals surface area contributed by atoms with Gasteiger partial charge in [0.05, 0.1) is 12.9 Å². The van der Waals surface area contributed by atoms with Gasteiger partial charge in [-0.2, -0.15) is 4.31 Å². The maximum absolute atomic E-state index is 12.2. The van der Waals surface area contributed by atoms with Crippen molar-refractivity contribution in [1.29, 1.82) is 0 Å². The number of nitrogens with zero attached hydrogens (tertiary/aromatic N) is 2. The highest BCUT2D eigenvalue weighted by Crippen LogP contribution is 2.14. The molecule has 1 aliphatic rings. The minimum atomic E-state index is -3.35. The highest BCUT2D eigenvalue weighted by Gasteiger charge is 2.32. The fraction of sp³-hybridized carbons (Fsp3) is 0.909. The van der Waals surface area contributed by atoms with Crippen LogP contribution in [0.5, 0.6) is 0 Å². The highest BCUT2D eigenvalue weighted by atomic mass is 32.2. The molecule has 0 amide bonds. The molecule has 1 atom stereocenters. The van der Waals surface area contributed by atoms with E-state index in [-0.39, 0.29) is 30.6 Å². The lowest BCUT2D eigenvalue weighted by molar-refractivity contribution is -0.140. The Balaban J connectivity index is 2.58. The zero-order valence-electron chi connectivity index (χ0n) is 11.5. The quantitative estimate of drug-likeness (QED) is 0.621. The largest absolute Gasteiger partial charge is 0.469 e. The average molecular weight is 293 g/mol. The van der Waals surface area contributed by atoms with Crippen LogP contribution in [0.15, 0.2) is 0 Å². The van der Waals surface area contributed by atoms with Gasteiger partial charge in [0.25, 0.3) is 0 Å². The molecule has 1 aliphatic heterocycles. The molecule has 1 unspecified atom stereocenters. The number of sulfonamides is 1. The Hall–Kier alpha value is -0.700. The number of hydrogen-bond donors (Lipinski definition) is 1. The normalized spacial score (nSPS) is 22.4. The molecule has 8 heteroatoms. The van der Waals surface area contributed by atoms with E-state index in [4.69, 9.17) is 5.73 Å². The Morgan fingerprint density at radius 1 is 1.42 bits per heavy atom. The molecule has 2 N–H and O–H groups in total. The first-order chi connectivity index (χ1) is 8.90. The molecule has 0 bridgehead atoms. The average Bonchev–Trinajstić information content (AvgIpc) is 2.37. The van der Waals surface area contributed by atoms with Crippen LogP contribution in [-0.2, 0) is 19.6 Å². The predicted octanol–water partition coefficient (Wildman–Crippen LogP) is -1.16. The van der Waals surface area contributed by atoms with Gasteiger partial charge in [-0.3, -0.25) is 4.79 Å². The highest BCUT2D eigenvalue weighted by molar-refractivity contribution is 7.89. The molecule has 1 saturated heterocycles. The lowest BCUT2D eigenvalue weighted by Gasteiger charge is -2.38. The summed E-state index contributed by atoms with van der Waals surface area (Å²) in [6.07, 6.45) is 0.398. The molecule has 0 aromatic heterocycles. The Morgan fingerprint density at radius 3 is 2.68 bits per heavy atom. The molecule has 1 rings (SSSR count). The van der Waals surface area contributed by atoms with E-state index in [0.29, 0.717) is 26.2 Å². The van der Waals surface area contributed by atoms with Gasteiger partial charge < -0.3 is 15.4 Å². The monoisotopic (exact) mass is 293 g/mol. The number of hydrogen-bond acceptors (Lipinski definition) is 6. The van der Waals surface area contributed by atoms with Crippen molar-refractivity contribution in [3.8, 4) is 0 Å². The van der Waals surface area contributed by atoms with E-state index in [2.05, 4.69) is 9.64 Å².